The Morgan fingerprint density at radius 1 is 1.31 bits per heavy atom. The molecule has 1 unspecified atom stereocenters. The Hall–Kier alpha value is -1.00. The van der Waals surface area contributed by atoms with Crippen LogP contribution < -0.4 is 5.32 Å². The Balaban J connectivity index is 1.69. The van der Waals surface area contributed by atoms with E-state index in [1.165, 1.54) is 25.9 Å². The fraction of sp³-hybridized carbons (Fsp3) is 0.667. The summed E-state index contributed by atoms with van der Waals surface area (Å²) in [4.78, 5) is 10.5. The highest BCUT2D eigenvalue weighted by Crippen LogP contribution is 2.07. The Morgan fingerprint density at radius 3 is 2.69 bits per heavy atom. The molecule has 0 bridgehead atoms. The normalized spacial score (nSPS) is 18.8. The summed E-state index contributed by atoms with van der Waals surface area (Å²) in [5.74, 6) is 0. The molecule has 1 aromatic rings. The molecule has 0 aliphatic carbocycles. The maximum absolute atomic E-state index is 4.00. The molecule has 4 heteroatoms. The summed E-state index contributed by atoms with van der Waals surface area (Å²) < 4.78 is 0. The van der Waals surface area contributed by atoms with Gasteiger partial charge in [-0.2, -0.15) is 0 Å². The molecular weight excluding hydrogens is 200 g/mol. The van der Waals surface area contributed by atoms with E-state index in [1.807, 2.05) is 12.4 Å². The first kappa shape index (κ1) is 11.5. The van der Waals surface area contributed by atoms with E-state index in [0.717, 1.165) is 18.7 Å². The third kappa shape index (κ3) is 3.54. The van der Waals surface area contributed by atoms with E-state index in [4.69, 9.17) is 0 Å². The molecule has 2 heterocycles. The van der Waals surface area contributed by atoms with E-state index in [-0.39, 0.29) is 0 Å². The van der Waals surface area contributed by atoms with Gasteiger partial charge in [0.2, 0.25) is 0 Å². The van der Waals surface area contributed by atoms with Gasteiger partial charge in [-0.1, -0.05) is 0 Å². The molecule has 0 amide bonds. The van der Waals surface area contributed by atoms with E-state index in [9.17, 15) is 0 Å². The van der Waals surface area contributed by atoms with Gasteiger partial charge in [-0.15, -0.1) is 0 Å². The molecular formula is C12H20N4. The van der Waals surface area contributed by atoms with Crippen LogP contribution in [0, 0.1) is 0 Å². The zero-order valence-electron chi connectivity index (χ0n) is 9.89. The standard InChI is InChI=1S/C12H20N4/c1-11(9-16-4-2-3-5-16)15-8-12-6-13-10-14-7-12/h6-7,10-11,15H,2-5,8-9H2,1H3. The smallest absolute Gasteiger partial charge is 0.115 e. The second-order valence-electron chi connectivity index (χ2n) is 4.54. The van der Waals surface area contributed by atoms with Crippen LogP contribution in [0.4, 0.5) is 0 Å². The van der Waals surface area contributed by atoms with E-state index < -0.39 is 0 Å². The van der Waals surface area contributed by atoms with Gasteiger partial charge >= 0.3 is 0 Å². The van der Waals surface area contributed by atoms with Gasteiger partial charge in [0.1, 0.15) is 6.33 Å². The van der Waals surface area contributed by atoms with Gasteiger partial charge in [0.05, 0.1) is 0 Å². The van der Waals surface area contributed by atoms with Crippen molar-refractivity contribution in [1.82, 2.24) is 20.2 Å². The fourth-order valence-electron chi connectivity index (χ4n) is 2.13. The van der Waals surface area contributed by atoms with Crippen molar-refractivity contribution in [2.75, 3.05) is 19.6 Å². The summed E-state index contributed by atoms with van der Waals surface area (Å²) in [6.45, 7) is 6.77. The lowest BCUT2D eigenvalue weighted by atomic mass is 10.2. The van der Waals surface area contributed by atoms with Crippen LogP contribution in [0.5, 0.6) is 0 Å². The average Bonchev–Trinajstić information content (AvgIpc) is 2.81. The minimum Gasteiger partial charge on any atom is -0.309 e. The van der Waals surface area contributed by atoms with E-state index >= 15 is 0 Å². The molecule has 0 spiro atoms. The predicted molar refractivity (Wildman–Crippen MR) is 64.0 cm³/mol. The van der Waals surface area contributed by atoms with Gasteiger partial charge in [0.15, 0.2) is 0 Å². The highest BCUT2D eigenvalue weighted by Gasteiger charge is 2.13. The van der Waals surface area contributed by atoms with Crippen molar-refractivity contribution in [3.05, 3.63) is 24.3 Å². The molecule has 16 heavy (non-hydrogen) atoms. The van der Waals surface area contributed by atoms with Crippen LogP contribution in [-0.4, -0.2) is 40.5 Å². The minimum atomic E-state index is 0.526. The van der Waals surface area contributed by atoms with E-state index in [1.54, 1.807) is 6.33 Å². The lowest BCUT2D eigenvalue weighted by Gasteiger charge is -2.21. The fourth-order valence-corrected chi connectivity index (χ4v) is 2.13. The SMILES string of the molecule is CC(CN1CCCC1)NCc1cncnc1. The van der Waals surface area contributed by atoms with Crippen molar-refractivity contribution >= 4 is 0 Å². The average molecular weight is 220 g/mol. The number of rotatable bonds is 5. The van der Waals surface area contributed by atoms with Crippen molar-refractivity contribution in [2.45, 2.75) is 32.4 Å². The van der Waals surface area contributed by atoms with Gasteiger partial charge in [0.25, 0.3) is 0 Å². The Kier molecular flexibility index (Phi) is 4.25. The van der Waals surface area contributed by atoms with E-state index in [0.29, 0.717) is 6.04 Å². The van der Waals surface area contributed by atoms with Crippen LogP contribution in [0.15, 0.2) is 18.7 Å². The Bertz CT molecular complexity index is 295. The number of nitrogens with zero attached hydrogens (tertiary/aromatic N) is 3. The van der Waals surface area contributed by atoms with Crippen LogP contribution in [-0.2, 0) is 6.54 Å². The molecule has 1 aliphatic rings. The molecule has 88 valence electrons. The lowest BCUT2D eigenvalue weighted by Crippen LogP contribution is -2.37. The van der Waals surface area contributed by atoms with Crippen LogP contribution in [0.3, 0.4) is 0 Å². The molecule has 0 saturated carbocycles. The molecule has 1 atom stereocenters. The summed E-state index contributed by atoms with van der Waals surface area (Å²) >= 11 is 0. The van der Waals surface area contributed by atoms with Gasteiger partial charge < -0.3 is 10.2 Å². The molecule has 1 aliphatic heterocycles. The first-order valence-electron chi connectivity index (χ1n) is 6.04. The summed E-state index contributed by atoms with van der Waals surface area (Å²) in [6, 6.07) is 0.526. The van der Waals surface area contributed by atoms with E-state index in [2.05, 4.69) is 27.1 Å². The van der Waals surface area contributed by atoms with Crippen LogP contribution >= 0.6 is 0 Å². The number of hydrogen-bond donors (Lipinski definition) is 1. The molecule has 2 rings (SSSR count). The first-order chi connectivity index (χ1) is 7.84. The number of likely N-dealkylation sites (tertiary alicyclic amines) is 1. The molecule has 0 radical (unpaired) electrons. The highest BCUT2D eigenvalue weighted by molar-refractivity contribution is 5.01. The maximum Gasteiger partial charge on any atom is 0.115 e. The molecule has 1 N–H and O–H groups in total. The van der Waals surface area contributed by atoms with Crippen LogP contribution in [0.2, 0.25) is 0 Å². The molecule has 4 nitrogen and oxygen atoms in total. The Morgan fingerprint density at radius 2 is 2.00 bits per heavy atom. The summed E-state index contributed by atoms with van der Waals surface area (Å²) in [5, 5.41) is 3.50. The van der Waals surface area contributed by atoms with Crippen molar-refractivity contribution in [1.29, 1.82) is 0 Å². The number of nitrogens with one attached hydrogen (secondary N) is 1. The third-order valence-electron chi connectivity index (χ3n) is 3.00. The molecule has 1 fully saturated rings. The topological polar surface area (TPSA) is 41.0 Å². The predicted octanol–water partition coefficient (Wildman–Crippen LogP) is 1.05. The van der Waals surface area contributed by atoms with Crippen LogP contribution in [0.1, 0.15) is 25.3 Å². The van der Waals surface area contributed by atoms with Crippen molar-refractivity contribution in [3.63, 3.8) is 0 Å². The van der Waals surface area contributed by atoms with Crippen molar-refractivity contribution in [3.8, 4) is 0 Å². The van der Waals surface area contributed by atoms with Crippen molar-refractivity contribution < 1.29 is 0 Å². The van der Waals surface area contributed by atoms with Gasteiger partial charge in [-0.05, 0) is 32.9 Å². The Labute approximate surface area is 97.1 Å². The zero-order valence-corrected chi connectivity index (χ0v) is 9.89. The number of aromatic nitrogens is 2. The molecule has 0 aromatic carbocycles. The third-order valence-corrected chi connectivity index (χ3v) is 3.00. The summed E-state index contributed by atoms with van der Waals surface area (Å²) in [5.41, 5.74) is 1.15. The summed E-state index contributed by atoms with van der Waals surface area (Å²) in [7, 11) is 0. The van der Waals surface area contributed by atoms with Gasteiger partial charge in [-0.3, -0.25) is 0 Å². The zero-order chi connectivity index (χ0) is 11.2. The monoisotopic (exact) mass is 220 g/mol. The maximum atomic E-state index is 4.00. The number of hydrogen-bond acceptors (Lipinski definition) is 4. The second-order valence-corrected chi connectivity index (χ2v) is 4.54. The molecule has 1 aromatic heterocycles. The van der Waals surface area contributed by atoms with Crippen LogP contribution in [0.25, 0.3) is 0 Å². The second kappa shape index (κ2) is 5.92. The highest BCUT2D eigenvalue weighted by atomic mass is 15.2. The summed E-state index contributed by atoms with van der Waals surface area (Å²) in [6.07, 6.45) is 8.01. The van der Waals surface area contributed by atoms with Crippen molar-refractivity contribution in [2.24, 2.45) is 0 Å². The molecule has 1 saturated heterocycles. The van der Waals surface area contributed by atoms with Gasteiger partial charge in [-0.25, -0.2) is 9.97 Å². The minimum absolute atomic E-state index is 0.526. The quantitative estimate of drug-likeness (QED) is 0.805. The first-order valence-corrected chi connectivity index (χ1v) is 6.04. The lowest BCUT2D eigenvalue weighted by molar-refractivity contribution is 0.298. The van der Waals surface area contributed by atoms with Gasteiger partial charge in [0, 0.05) is 37.1 Å². The largest absolute Gasteiger partial charge is 0.309 e.